The summed E-state index contributed by atoms with van der Waals surface area (Å²) in [5.74, 6) is 0.744. The van der Waals surface area contributed by atoms with Crippen LogP contribution in [-0.2, 0) is 6.54 Å². The maximum atomic E-state index is 4.97. The van der Waals surface area contributed by atoms with Crippen molar-refractivity contribution in [1.29, 1.82) is 0 Å². The highest BCUT2D eigenvalue weighted by Crippen LogP contribution is 2.34. The number of aromatic amines is 2. The third-order valence-corrected chi connectivity index (χ3v) is 7.57. The third kappa shape index (κ3) is 3.71. The molecule has 1 aliphatic rings. The van der Waals surface area contributed by atoms with Gasteiger partial charge >= 0.3 is 0 Å². The number of H-pyrrole nitrogens is 2. The van der Waals surface area contributed by atoms with Crippen molar-refractivity contribution in [3.63, 3.8) is 0 Å². The monoisotopic (exact) mass is 477 g/mol. The lowest BCUT2D eigenvalue weighted by molar-refractivity contribution is 0.331. The Kier molecular flexibility index (Phi) is 4.92. The van der Waals surface area contributed by atoms with Crippen LogP contribution in [0, 0.1) is 0 Å². The van der Waals surface area contributed by atoms with Crippen LogP contribution in [-0.4, -0.2) is 48.1 Å². The highest BCUT2D eigenvalue weighted by molar-refractivity contribution is 7.13. The van der Waals surface area contributed by atoms with Crippen molar-refractivity contribution >= 4 is 33.3 Å². The van der Waals surface area contributed by atoms with Crippen LogP contribution in [0.5, 0.6) is 0 Å². The van der Waals surface area contributed by atoms with Crippen molar-refractivity contribution in [3.8, 4) is 33.2 Å². The summed E-state index contributed by atoms with van der Waals surface area (Å²) in [6.07, 6.45) is 8.25. The summed E-state index contributed by atoms with van der Waals surface area (Å²) in [6.45, 7) is 3.27. The van der Waals surface area contributed by atoms with Gasteiger partial charge in [-0.15, -0.1) is 11.3 Å². The van der Waals surface area contributed by atoms with Crippen LogP contribution in [0.4, 0.5) is 0 Å². The molecule has 1 aliphatic heterocycles. The first-order valence-corrected chi connectivity index (χ1v) is 12.7. The van der Waals surface area contributed by atoms with Crippen molar-refractivity contribution in [2.45, 2.75) is 19.4 Å². The summed E-state index contributed by atoms with van der Waals surface area (Å²) in [4.78, 5) is 21.3. The molecular weight excluding hydrogens is 454 g/mol. The van der Waals surface area contributed by atoms with Crippen molar-refractivity contribution < 1.29 is 0 Å². The van der Waals surface area contributed by atoms with E-state index in [9.17, 15) is 0 Å². The van der Waals surface area contributed by atoms with Gasteiger partial charge in [-0.25, -0.2) is 4.98 Å². The molecule has 8 heteroatoms. The number of imidazole rings is 1. The molecule has 0 atom stereocenters. The van der Waals surface area contributed by atoms with Crippen molar-refractivity contribution in [1.82, 2.24) is 35.0 Å². The van der Waals surface area contributed by atoms with E-state index in [4.69, 9.17) is 9.97 Å². The lowest BCUT2D eigenvalue weighted by Crippen LogP contribution is -2.18. The lowest BCUT2D eigenvalue weighted by atomic mass is 10.1. The van der Waals surface area contributed by atoms with Crippen molar-refractivity contribution in [2.24, 2.45) is 0 Å². The molecule has 35 heavy (non-hydrogen) atoms. The summed E-state index contributed by atoms with van der Waals surface area (Å²) >= 11 is 1.72. The van der Waals surface area contributed by atoms with Crippen LogP contribution >= 0.6 is 11.3 Å². The second-order valence-corrected chi connectivity index (χ2v) is 9.96. The molecule has 1 aromatic carbocycles. The van der Waals surface area contributed by atoms with E-state index in [0.717, 1.165) is 56.8 Å². The molecule has 0 amide bonds. The standard InChI is InChI=1S/C27H23N7S/c1-2-9-34(8-1)16-17-11-18(14-28-13-17)22-12-20-23(15-29-22)32-33-26(20)27-30-21-6-3-5-19(25(21)31-27)24-7-4-10-35-24/h3-7,10-15H,1-2,8-9,16H2,(H,30,31)(H,32,33). The van der Waals surface area contributed by atoms with Gasteiger partial charge in [-0.1, -0.05) is 18.2 Å². The van der Waals surface area contributed by atoms with Crippen molar-refractivity contribution in [2.75, 3.05) is 13.1 Å². The molecule has 0 saturated carbocycles. The van der Waals surface area contributed by atoms with Gasteiger partial charge in [0, 0.05) is 40.3 Å². The Bertz CT molecular complexity index is 1640. The van der Waals surface area contributed by atoms with Crippen LogP contribution in [0.2, 0.25) is 0 Å². The van der Waals surface area contributed by atoms with Gasteiger partial charge in [-0.2, -0.15) is 5.10 Å². The molecule has 6 heterocycles. The zero-order valence-electron chi connectivity index (χ0n) is 19.0. The number of hydrogen-bond donors (Lipinski definition) is 2. The molecule has 1 saturated heterocycles. The largest absolute Gasteiger partial charge is 0.337 e. The highest BCUT2D eigenvalue weighted by atomic mass is 32.1. The molecule has 7 nitrogen and oxygen atoms in total. The fraction of sp³-hybridized carbons (Fsp3) is 0.185. The minimum absolute atomic E-state index is 0.744. The first-order valence-electron chi connectivity index (χ1n) is 11.9. The third-order valence-electron chi connectivity index (χ3n) is 6.67. The summed E-state index contributed by atoms with van der Waals surface area (Å²) in [5.41, 5.74) is 7.86. The van der Waals surface area contributed by atoms with Gasteiger partial charge in [0.1, 0.15) is 5.69 Å². The van der Waals surface area contributed by atoms with E-state index in [0.29, 0.717) is 0 Å². The normalized spacial score (nSPS) is 14.4. The molecule has 6 aromatic rings. The number of pyridine rings is 2. The number of thiophene rings is 1. The van der Waals surface area contributed by atoms with E-state index in [2.05, 4.69) is 72.9 Å². The average molecular weight is 478 g/mol. The van der Waals surface area contributed by atoms with Crippen LogP contribution in [0.1, 0.15) is 18.4 Å². The molecular formula is C27H23N7S. The predicted molar refractivity (Wildman–Crippen MR) is 140 cm³/mol. The van der Waals surface area contributed by atoms with Gasteiger partial charge in [0.05, 0.1) is 28.4 Å². The van der Waals surface area contributed by atoms with Gasteiger partial charge in [-0.05, 0) is 61.1 Å². The van der Waals surface area contributed by atoms with E-state index in [1.807, 2.05) is 18.6 Å². The number of para-hydroxylation sites is 1. The molecule has 172 valence electrons. The van der Waals surface area contributed by atoms with Gasteiger partial charge in [0.2, 0.25) is 0 Å². The SMILES string of the molecule is c1csc(-c2cccc3[nH]c(-c4n[nH]c5cnc(-c6cncc(CN7CCCC7)c6)cc45)nc23)c1. The number of hydrogen-bond acceptors (Lipinski definition) is 6. The smallest absolute Gasteiger partial charge is 0.159 e. The molecule has 0 bridgehead atoms. The summed E-state index contributed by atoms with van der Waals surface area (Å²) < 4.78 is 0. The second-order valence-electron chi connectivity index (χ2n) is 9.02. The van der Waals surface area contributed by atoms with E-state index in [1.54, 1.807) is 11.3 Å². The zero-order chi connectivity index (χ0) is 23.2. The van der Waals surface area contributed by atoms with Crippen molar-refractivity contribution in [3.05, 3.63) is 72.0 Å². The van der Waals surface area contributed by atoms with Gasteiger partial charge < -0.3 is 4.98 Å². The molecule has 5 aromatic heterocycles. The number of benzene rings is 1. The summed E-state index contributed by atoms with van der Waals surface area (Å²) in [6, 6.07) is 14.7. The Morgan fingerprint density at radius 1 is 0.971 bits per heavy atom. The molecule has 7 rings (SSSR count). The van der Waals surface area contributed by atoms with Gasteiger partial charge in [0.15, 0.2) is 5.82 Å². The first-order chi connectivity index (χ1) is 17.3. The number of likely N-dealkylation sites (tertiary alicyclic amines) is 1. The van der Waals surface area contributed by atoms with E-state index in [1.165, 1.54) is 36.4 Å². The van der Waals surface area contributed by atoms with Crippen LogP contribution in [0.25, 0.3) is 55.2 Å². The Balaban J connectivity index is 1.28. The quantitative estimate of drug-likeness (QED) is 0.323. The first kappa shape index (κ1) is 20.5. The molecule has 2 N–H and O–H groups in total. The van der Waals surface area contributed by atoms with Crippen LogP contribution in [0.15, 0.2) is 66.4 Å². The fourth-order valence-corrected chi connectivity index (χ4v) is 5.70. The van der Waals surface area contributed by atoms with E-state index >= 15 is 0 Å². The number of nitrogens with one attached hydrogen (secondary N) is 2. The average Bonchev–Trinajstić information content (AvgIpc) is 3.70. The molecule has 1 fully saturated rings. The topological polar surface area (TPSA) is 86.4 Å². The fourth-order valence-electron chi connectivity index (χ4n) is 4.94. The maximum absolute atomic E-state index is 4.97. The molecule has 0 unspecified atom stereocenters. The zero-order valence-corrected chi connectivity index (χ0v) is 19.8. The van der Waals surface area contributed by atoms with Gasteiger partial charge in [-0.3, -0.25) is 20.0 Å². The highest BCUT2D eigenvalue weighted by Gasteiger charge is 2.17. The number of rotatable bonds is 5. The number of nitrogens with zero attached hydrogens (tertiary/aromatic N) is 5. The molecule has 0 aliphatic carbocycles. The van der Waals surface area contributed by atoms with E-state index in [-0.39, 0.29) is 0 Å². The Morgan fingerprint density at radius 2 is 1.91 bits per heavy atom. The minimum Gasteiger partial charge on any atom is -0.337 e. The van der Waals surface area contributed by atoms with Crippen LogP contribution < -0.4 is 0 Å². The summed E-state index contributed by atoms with van der Waals surface area (Å²) in [5, 5.41) is 10.8. The minimum atomic E-state index is 0.744. The maximum Gasteiger partial charge on any atom is 0.159 e. The Labute approximate surface area is 205 Å². The second kappa shape index (κ2) is 8.41. The summed E-state index contributed by atoms with van der Waals surface area (Å²) in [7, 11) is 0. The Morgan fingerprint density at radius 3 is 2.80 bits per heavy atom. The van der Waals surface area contributed by atoms with Crippen LogP contribution in [0.3, 0.4) is 0 Å². The van der Waals surface area contributed by atoms with E-state index < -0.39 is 0 Å². The molecule has 0 spiro atoms. The molecule has 0 radical (unpaired) electrons. The number of fused-ring (bicyclic) bond motifs is 2. The lowest BCUT2D eigenvalue weighted by Gasteiger charge is -2.14. The predicted octanol–water partition coefficient (Wildman–Crippen LogP) is 5.89. The van der Waals surface area contributed by atoms with Gasteiger partial charge in [0.25, 0.3) is 0 Å². The number of aromatic nitrogens is 6. The Hall–Kier alpha value is -3.88.